The number of anilines is 2. The number of rotatable bonds is 1. The van der Waals surface area contributed by atoms with Crippen LogP contribution in [0.25, 0.3) is 0 Å². The van der Waals surface area contributed by atoms with Gasteiger partial charge in [-0.3, -0.25) is 0 Å². The number of nitrogens with two attached hydrogens (primary N) is 1. The summed E-state index contributed by atoms with van der Waals surface area (Å²) in [5.41, 5.74) is 10.0. The van der Waals surface area contributed by atoms with Crippen molar-refractivity contribution in [2.75, 3.05) is 10.6 Å². The second-order valence-corrected chi connectivity index (χ2v) is 5.29. The Kier molecular flexibility index (Phi) is 2.74. The Labute approximate surface area is 113 Å². The fourth-order valence-electron chi connectivity index (χ4n) is 2.31. The molecule has 0 saturated heterocycles. The first-order valence-electron chi connectivity index (χ1n) is 5.71. The fourth-order valence-corrected chi connectivity index (χ4v) is 2.56. The summed E-state index contributed by atoms with van der Waals surface area (Å²) in [6.45, 7) is 1.52. The second-order valence-electron chi connectivity index (χ2n) is 4.44. The predicted molar refractivity (Wildman–Crippen MR) is 74.8 cm³/mol. The molecule has 0 fully saturated rings. The molecule has 2 nitrogen and oxygen atoms in total. The summed E-state index contributed by atoms with van der Waals surface area (Å²) in [6.07, 6.45) is 0. The van der Waals surface area contributed by atoms with Crippen LogP contribution in [-0.4, -0.2) is 0 Å². The third-order valence-electron chi connectivity index (χ3n) is 3.29. The van der Waals surface area contributed by atoms with Crippen LogP contribution in [0.3, 0.4) is 0 Å². The van der Waals surface area contributed by atoms with Crippen LogP contribution in [-0.2, 0) is 13.1 Å². The van der Waals surface area contributed by atoms with Crippen molar-refractivity contribution in [1.82, 2.24) is 0 Å². The lowest BCUT2D eigenvalue weighted by Crippen LogP contribution is -2.14. The molecule has 0 saturated carbocycles. The number of halogens is 2. The summed E-state index contributed by atoms with van der Waals surface area (Å²) < 4.78 is 14.0. The third-order valence-corrected chi connectivity index (χ3v) is 3.93. The molecule has 0 amide bonds. The van der Waals surface area contributed by atoms with Crippen molar-refractivity contribution in [1.29, 1.82) is 0 Å². The smallest absolute Gasteiger partial charge is 0.139 e. The number of hydrogen-bond donors (Lipinski definition) is 1. The van der Waals surface area contributed by atoms with E-state index >= 15 is 0 Å². The van der Waals surface area contributed by atoms with Gasteiger partial charge >= 0.3 is 0 Å². The quantitative estimate of drug-likeness (QED) is 0.814. The minimum Gasteiger partial charge on any atom is -0.398 e. The highest BCUT2D eigenvalue weighted by Gasteiger charge is 2.21. The minimum atomic E-state index is -0.239. The zero-order valence-electron chi connectivity index (χ0n) is 9.66. The molecular formula is C14H12BrFN2. The predicted octanol–water partition coefficient (Wildman–Crippen LogP) is 3.69. The Bertz CT molecular complexity index is 613. The average molecular weight is 307 g/mol. The molecule has 0 unspecified atom stereocenters. The van der Waals surface area contributed by atoms with Crippen molar-refractivity contribution in [2.45, 2.75) is 13.1 Å². The van der Waals surface area contributed by atoms with Crippen LogP contribution in [0.4, 0.5) is 15.8 Å². The van der Waals surface area contributed by atoms with Gasteiger partial charge in [0, 0.05) is 24.5 Å². The van der Waals surface area contributed by atoms with Crippen LogP contribution >= 0.6 is 15.9 Å². The zero-order chi connectivity index (χ0) is 12.7. The Hall–Kier alpha value is -1.55. The maximum atomic E-state index is 13.5. The minimum absolute atomic E-state index is 0.239. The van der Waals surface area contributed by atoms with Crippen molar-refractivity contribution in [3.8, 4) is 0 Å². The maximum Gasteiger partial charge on any atom is 0.139 e. The summed E-state index contributed by atoms with van der Waals surface area (Å²) in [4.78, 5) is 2.12. The number of fused-ring (bicyclic) bond motifs is 1. The molecule has 92 valence electrons. The second kappa shape index (κ2) is 4.28. The molecule has 0 aliphatic carbocycles. The first-order chi connectivity index (χ1) is 8.65. The van der Waals surface area contributed by atoms with Gasteiger partial charge in [0.15, 0.2) is 0 Å². The van der Waals surface area contributed by atoms with E-state index in [1.54, 1.807) is 12.1 Å². The van der Waals surface area contributed by atoms with Crippen molar-refractivity contribution in [3.63, 3.8) is 0 Å². The first kappa shape index (κ1) is 11.5. The van der Waals surface area contributed by atoms with Gasteiger partial charge in [0.2, 0.25) is 0 Å². The van der Waals surface area contributed by atoms with Crippen molar-refractivity contribution in [2.24, 2.45) is 0 Å². The largest absolute Gasteiger partial charge is 0.398 e. The molecule has 4 heteroatoms. The highest BCUT2D eigenvalue weighted by atomic mass is 79.9. The lowest BCUT2D eigenvalue weighted by Gasteiger charge is -2.18. The molecule has 1 heterocycles. The van der Waals surface area contributed by atoms with Crippen LogP contribution < -0.4 is 10.6 Å². The van der Waals surface area contributed by atoms with Crippen molar-refractivity contribution < 1.29 is 4.39 Å². The molecule has 0 radical (unpaired) electrons. The van der Waals surface area contributed by atoms with E-state index in [9.17, 15) is 4.39 Å². The van der Waals surface area contributed by atoms with Crippen LogP contribution in [0.1, 0.15) is 11.1 Å². The van der Waals surface area contributed by atoms with Crippen LogP contribution in [0.2, 0.25) is 0 Å². The molecule has 2 aromatic rings. The summed E-state index contributed by atoms with van der Waals surface area (Å²) >= 11 is 3.16. The molecule has 2 N–H and O–H groups in total. The van der Waals surface area contributed by atoms with Crippen LogP contribution in [0.5, 0.6) is 0 Å². The van der Waals surface area contributed by atoms with Gasteiger partial charge in [0.25, 0.3) is 0 Å². The SMILES string of the molecule is Nc1cccc2c1CN(c1ccc(Br)c(F)c1)C2. The van der Waals surface area contributed by atoms with E-state index in [-0.39, 0.29) is 5.82 Å². The van der Waals surface area contributed by atoms with Gasteiger partial charge in [-0.2, -0.15) is 0 Å². The first-order valence-corrected chi connectivity index (χ1v) is 6.50. The van der Waals surface area contributed by atoms with E-state index in [2.05, 4.69) is 26.9 Å². The highest BCUT2D eigenvalue weighted by Crippen LogP contribution is 2.32. The molecule has 0 atom stereocenters. The maximum absolute atomic E-state index is 13.5. The van der Waals surface area contributed by atoms with E-state index in [1.165, 1.54) is 5.56 Å². The Morgan fingerprint density at radius 1 is 1.17 bits per heavy atom. The number of nitrogens with zero attached hydrogens (tertiary/aromatic N) is 1. The molecule has 1 aliphatic rings. The third kappa shape index (κ3) is 1.86. The molecule has 0 bridgehead atoms. The van der Waals surface area contributed by atoms with E-state index in [0.29, 0.717) is 4.47 Å². The van der Waals surface area contributed by atoms with Gasteiger partial charge in [0.1, 0.15) is 5.82 Å². The molecule has 18 heavy (non-hydrogen) atoms. The number of benzene rings is 2. The summed E-state index contributed by atoms with van der Waals surface area (Å²) in [7, 11) is 0. The van der Waals surface area contributed by atoms with Gasteiger partial charge < -0.3 is 10.6 Å². The topological polar surface area (TPSA) is 29.3 Å². The van der Waals surface area contributed by atoms with Crippen LogP contribution in [0, 0.1) is 5.82 Å². The van der Waals surface area contributed by atoms with Gasteiger partial charge in [-0.05, 0) is 51.3 Å². The summed E-state index contributed by atoms with van der Waals surface area (Å²) in [6, 6.07) is 11.1. The molecule has 1 aliphatic heterocycles. The molecule has 0 aromatic heterocycles. The van der Waals surface area contributed by atoms with Gasteiger partial charge in [0.05, 0.1) is 4.47 Å². The molecule has 2 aromatic carbocycles. The van der Waals surface area contributed by atoms with Crippen LogP contribution in [0.15, 0.2) is 40.9 Å². The Balaban J connectivity index is 1.94. The van der Waals surface area contributed by atoms with Gasteiger partial charge in [-0.1, -0.05) is 12.1 Å². The lowest BCUT2D eigenvalue weighted by atomic mass is 10.1. The van der Waals surface area contributed by atoms with E-state index in [0.717, 1.165) is 30.0 Å². The normalized spacial score (nSPS) is 13.8. The van der Waals surface area contributed by atoms with E-state index in [1.807, 2.05) is 18.2 Å². The standard InChI is InChI=1S/C14H12BrFN2/c15-12-5-4-10(6-13(12)16)18-7-9-2-1-3-14(17)11(9)8-18/h1-6H,7-8,17H2. The molecule has 3 rings (SSSR count). The average Bonchev–Trinajstić information content (AvgIpc) is 2.78. The van der Waals surface area contributed by atoms with Gasteiger partial charge in [-0.15, -0.1) is 0 Å². The van der Waals surface area contributed by atoms with E-state index in [4.69, 9.17) is 5.73 Å². The number of hydrogen-bond acceptors (Lipinski definition) is 2. The highest BCUT2D eigenvalue weighted by molar-refractivity contribution is 9.10. The lowest BCUT2D eigenvalue weighted by molar-refractivity contribution is 0.620. The Morgan fingerprint density at radius 3 is 2.72 bits per heavy atom. The Morgan fingerprint density at radius 2 is 2.00 bits per heavy atom. The van der Waals surface area contributed by atoms with Crippen molar-refractivity contribution >= 4 is 27.3 Å². The summed E-state index contributed by atoms with van der Waals surface area (Å²) in [5, 5.41) is 0. The monoisotopic (exact) mass is 306 g/mol. The van der Waals surface area contributed by atoms with Crippen molar-refractivity contribution in [3.05, 3.63) is 57.8 Å². The fraction of sp³-hybridized carbons (Fsp3) is 0.143. The molecule has 0 spiro atoms. The number of nitrogen functional groups attached to an aromatic ring is 1. The summed E-state index contributed by atoms with van der Waals surface area (Å²) in [5.74, 6) is -0.239. The zero-order valence-corrected chi connectivity index (χ0v) is 11.2. The van der Waals surface area contributed by atoms with E-state index < -0.39 is 0 Å². The molecular weight excluding hydrogens is 295 g/mol. The van der Waals surface area contributed by atoms with Gasteiger partial charge in [-0.25, -0.2) is 4.39 Å².